The van der Waals surface area contributed by atoms with Crippen molar-refractivity contribution in [2.45, 2.75) is 25.1 Å². The van der Waals surface area contributed by atoms with Crippen molar-refractivity contribution in [1.82, 2.24) is 4.90 Å². The van der Waals surface area contributed by atoms with Crippen LogP contribution < -0.4 is 5.73 Å². The Bertz CT molecular complexity index is 849. The van der Waals surface area contributed by atoms with Crippen molar-refractivity contribution in [3.63, 3.8) is 0 Å². The van der Waals surface area contributed by atoms with Crippen LogP contribution in [0.15, 0.2) is 48.5 Å². The Balaban J connectivity index is 1.85. The molecule has 0 spiro atoms. The fourth-order valence-corrected chi connectivity index (χ4v) is 3.28. The van der Waals surface area contributed by atoms with Crippen molar-refractivity contribution in [1.29, 1.82) is 0 Å². The fourth-order valence-electron chi connectivity index (χ4n) is 3.28. The highest BCUT2D eigenvalue weighted by atomic mass is 19.4. The standard InChI is InChI=1S/C19H17F3N2O2/c20-19(21,22)14-6-3-4-12(10-14)11-16(25)24-9-8-13-5-1-2-7-15(13)17(24)18(23)26/h1-7,10,17H,8-9,11H2,(H2,23,26). The number of amides is 2. The van der Waals surface area contributed by atoms with Crippen LogP contribution in [0, 0.1) is 0 Å². The molecule has 136 valence electrons. The Hall–Kier alpha value is -2.83. The summed E-state index contributed by atoms with van der Waals surface area (Å²) in [5.41, 5.74) is 6.55. The molecule has 0 aliphatic carbocycles. The number of primary amides is 1. The first-order valence-electron chi connectivity index (χ1n) is 8.10. The minimum absolute atomic E-state index is 0.226. The Morgan fingerprint density at radius 2 is 1.85 bits per heavy atom. The van der Waals surface area contributed by atoms with Gasteiger partial charge >= 0.3 is 6.18 Å². The van der Waals surface area contributed by atoms with Crippen molar-refractivity contribution in [2.24, 2.45) is 5.73 Å². The first-order valence-corrected chi connectivity index (χ1v) is 8.10. The summed E-state index contributed by atoms with van der Waals surface area (Å²) in [7, 11) is 0. The van der Waals surface area contributed by atoms with E-state index >= 15 is 0 Å². The smallest absolute Gasteiger partial charge is 0.368 e. The van der Waals surface area contributed by atoms with Crippen LogP contribution in [-0.2, 0) is 28.6 Å². The normalized spacial score (nSPS) is 16.9. The van der Waals surface area contributed by atoms with Gasteiger partial charge in [0.1, 0.15) is 6.04 Å². The molecule has 0 saturated carbocycles. The molecule has 26 heavy (non-hydrogen) atoms. The van der Waals surface area contributed by atoms with E-state index in [2.05, 4.69) is 0 Å². The minimum Gasteiger partial charge on any atom is -0.368 e. The molecular formula is C19H17F3N2O2. The topological polar surface area (TPSA) is 63.4 Å². The second-order valence-electron chi connectivity index (χ2n) is 6.22. The molecule has 2 aromatic carbocycles. The number of halogens is 3. The van der Waals surface area contributed by atoms with Crippen LogP contribution >= 0.6 is 0 Å². The summed E-state index contributed by atoms with van der Waals surface area (Å²) >= 11 is 0. The van der Waals surface area contributed by atoms with E-state index in [9.17, 15) is 22.8 Å². The molecule has 2 N–H and O–H groups in total. The maximum absolute atomic E-state index is 12.8. The van der Waals surface area contributed by atoms with Crippen LogP contribution in [-0.4, -0.2) is 23.3 Å². The molecule has 3 rings (SSSR count). The van der Waals surface area contributed by atoms with E-state index in [0.717, 1.165) is 17.7 Å². The number of rotatable bonds is 3. The molecule has 4 nitrogen and oxygen atoms in total. The van der Waals surface area contributed by atoms with Gasteiger partial charge in [0, 0.05) is 6.54 Å². The van der Waals surface area contributed by atoms with Crippen LogP contribution in [0.5, 0.6) is 0 Å². The zero-order valence-corrected chi connectivity index (χ0v) is 13.8. The zero-order valence-electron chi connectivity index (χ0n) is 13.8. The van der Waals surface area contributed by atoms with Crippen molar-refractivity contribution in [2.75, 3.05) is 6.54 Å². The summed E-state index contributed by atoms with van der Waals surface area (Å²) in [6.07, 6.45) is -4.14. The van der Waals surface area contributed by atoms with Crippen LogP contribution in [0.25, 0.3) is 0 Å². The van der Waals surface area contributed by atoms with Gasteiger partial charge in [-0.3, -0.25) is 9.59 Å². The fraction of sp³-hybridized carbons (Fsp3) is 0.263. The summed E-state index contributed by atoms with van der Waals surface area (Å²) in [6.45, 7) is 0.294. The molecule has 1 aliphatic heterocycles. The number of carbonyl (C=O) groups excluding carboxylic acids is 2. The number of hydrogen-bond donors (Lipinski definition) is 1. The van der Waals surface area contributed by atoms with Gasteiger partial charge in [-0.2, -0.15) is 13.2 Å². The second-order valence-corrected chi connectivity index (χ2v) is 6.22. The van der Waals surface area contributed by atoms with Gasteiger partial charge < -0.3 is 10.6 Å². The molecule has 2 amide bonds. The molecule has 0 bridgehead atoms. The quantitative estimate of drug-likeness (QED) is 0.913. The summed E-state index contributed by atoms with van der Waals surface area (Å²) in [5, 5.41) is 0. The van der Waals surface area contributed by atoms with Crippen molar-refractivity contribution in [3.05, 3.63) is 70.8 Å². The number of nitrogens with zero attached hydrogens (tertiary/aromatic N) is 1. The highest BCUT2D eigenvalue weighted by molar-refractivity contribution is 5.89. The number of carbonyl (C=O) groups is 2. The van der Waals surface area contributed by atoms with Crippen molar-refractivity contribution in [3.8, 4) is 0 Å². The van der Waals surface area contributed by atoms with Gasteiger partial charge in [-0.05, 0) is 29.2 Å². The highest BCUT2D eigenvalue weighted by Gasteiger charge is 2.35. The number of nitrogens with two attached hydrogens (primary N) is 1. The molecule has 0 fully saturated rings. The van der Waals surface area contributed by atoms with Crippen LogP contribution in [0.1, 0.15) is 28.3 Å². The van der Waals surface area contributed by atoms with Crippen LogP contribution in [0.2, 0.25) is 0 Å². The monoisotopic (exact) mass is 362 g/mol. The lowest BCUT2D eigenvalue weighted by molar-refractivity contribution is -0.140. The van der Waals surface area contributed by atoms with E-state index < -0.39 is 29.6 Å². The Kier molecular flexibility index (Phi) is 4.71. The zero-order chi connectivity index (χ0) is 18.9. The van der Waals surface area contributed by atoms with Gasteiger partial charge in [0.15, 0.2) is 0 Å². The molecule has 7 heteroatoms. The van der Waals surface area contributed by atoms with Gasteiger partial charge in [-0.25, -0.2) is 0 Å². The largest absolute Gasteiger partial charge is 0.416 e. The number of hydrogen-bond acceptors (Lipinski definition) is 2. The third-order valence-corrected chi connectivity index (χ3v) is 4.48. The molecule has 0 radical (unpaired) electrons. The third-order valence-electron chi connectivity index (χ3n) is 4.48. The van der Waals surface area contributed by atoms with E-state index in [-0.39, 0.29) is 12.0 Å². The predicted molar refractivity (Wildman–Crippen MR) is 88.9 cm³/mol. The van der Waals surface area contributed by atoms with Gasteiger partial charge in [-0.1, -0.05) is 42.5 Å². The predicted octanol–water partition coefficient (Wildman–Crippen LogP) is 2.86. The van der Waals surface area contributed by atoms with Crippen LogP contribution in [0.4, 0.5) is 13.2 Å². The lowest BCUT2D eigenvalue weighted by Gasteiger charge is -2.35. The molecule has 2 aromatic rings. The molecule has 1 atom stereocenters. The average molecular weight is 362 g/mol. The number of alkyl halides is 3. The Morgan fingerprint density at radius 3 is 2.54 bits per heavy atom. The Morgan fingerprint density at radius 1 is 1.12 bits per heavy atom. The van der Waals surface area contributed by atoms with E-state index in [1.54, 1.807) is 12.1 Å². The number of fused-ring (bicyclic) bond motifs is 1. The summed E-state index contributed by atoms with van der Waals surface area (Å²) in [6, 6.07) is 11.0. The lowest BCUT2D eigenvalue weighted by atomic mass is 9.91. The maximum Gasteiger partial charge on any atom is 0.416 e. The summed E-state index contributed by atoms with van der Waals surface area (Å²) in [5.74, 6) is -1.09. The molecule has 0 saturated heterocycles. The SMILES string of the molecule is NC(=O)C1c2ccccc2CCN1C(=O)Cc1cccc(C(F)(F)F)c1. The summed E-state index contributed by atoms with van der Waals surface area (Å²) in [4.78, 5) is 26.0. The van der Waals surface area contributed by atoms with Crippen LogP contribution in [0.3, 0.4) is 0 Å². The minimum atomic E-state index is -4.47. The first kappa shape index (κ1) is 18.0. The molecule has 1 aliphatic rings. The number of benzene rings is 2. The average Bonchev–Trinajstić information content (AvgIpc) is 2.60. The second kappa shape index (κ2) is 6.82. The van der Waals surface area contributed by atoms with Gasteiger partial charge in [0.05, 0.1) is 12.0 Å². The van der Waals surface area contributed by atoms with Crippen molar-refractivity contribution < 1.29 is 22.8 Å². The van der Waals surface area contributed by atoms with E-state index in [0.29, 0.717) is 18.5 Å². The van der Waals surface area contributed by atoms with E-state index in [1.165, 1.54) is 17.0 Å². The third kappa shape index (κ3) is 3.56. The summed E-state index contributed by atoms with van der Waals surface area (Å²) < 4.78 is 38.5. The molecule has 1 heterocycles. The molecule has 0 aromatic heterocycles. The van der Waals surface area contributed by atoms with Gasteiger partial charge in [0.2, 0.25) is 11.8 Å². The lowest BCUT2D eigenvalue weighted by Crippen LogP contribution is -2.46. The Labute approximate surface area is 148 Å². The van der Waals surface area contributed by atoms with E-state index in [1.807, 2.05) is 12.1 Å². The maximum atomic E-state index is 12.8. The first-order chi connectivity index (χ1) is 12.3. The molecule has 1 unspecified atom stereocenters. The molecular weight excluding hydrogens is 345 g/mol. The van der Waals surface area contributed by atoms with Crippen molar-refractivity contribution >= 4 is 11.8 Å². The van der Waals surface area contributed by atoms with Gasteiger partial charge in [0.25, 0.3) is 0 Å². The van der Waals surface area contributed by atoms with Gasteiger partial charge in [-0.15, -0.1) is 0 Å². The highest BCUT2D eigenvalue weighted by Crippen LogP contribution is 2.31. The van der Waals surface area contributed by atoms with E-state index in [4.69, 9.17) is 5.73 Å².